The van der Waals surface area contributed by atoms with Crippen LogP contribution in [0.15, 0.2) is 47.7 Å². The Balaban J connectivity index is 0.000000423. The van der Waals surface area contributed by atoms with Crippen molar-refractivity contribution in [3.63, 3.8) is 0 Å². The third-order valence-electron chi connectivity index (χ3n) is 4.01. The molecule has 0 atom stereocenters. The minimum atomic E-state index is -5.08. The van der Waals surface area contributed by atoms with Crippen LogP contribution in [0.3, 0.4) is 0 Å². The number of hydrogen-bond donors (Lipinski definition) is 3. The molecule has 0 unspecified atom stereocenters. The molecule has 3 N–H and O–H groups in total. The molecule has 164 valence electrons. The van der Waals surface area contributed by atoms with Crippen LogP contribution >= 0.6 is 0 Å². The number of benzene rings is 1. The number of anilines is 1. The van der Waals surface area contributed by atoms with E-state index in [1.54, 1.807) is 18.5 Å². The number of pyridine rings is 1. The van der Waals surface area contributed by atoms with E-state index in [1.807, 2.05) is 30.5 Å². The van der Waals surface area contributed by atoms with Crippen LogP contribution in [-0.4, -0.2) is 37.7 Å². The number of aliphatic carboxylic acids is 1. The summed E-state index contributed by atoms with van der Waals surface area (Å²) in [7, 11) is 0. The summed E-state index contributed by atoms with van der Waals surface area (Å²) in [6.07, 6.45) is -2.45. The van der Waals surface area contributed by atoms with Crippen molar-refractivity contribution < 1.29 is 32.3 Å². The van der Waals surface area contributed by atoms with Gasteiger partial charge in [0, 0.05) is 23.3 Å². The summed E-state index contributed by atoms with van der Waals surface area (Å²) < 4.78 is 46.8. The monoisotopic (exact) mass is 440 g/mol. The van der Waals surface area contributed by atoms with E-state index in [4.69, 9.17) is 9.90 Å². The Bertz CT molecular complexity index is 1150. The summed E-state index contributed by atoms with van der Waals surface area (Å²) in [5, 5.41) is 9.70. The number of aromatic nitrogens is 3. The standard InChI is InChI=1S/C17H15FN4O2.C2HF3O2/c1-10-11(2)22(9-20-10)14-5-3-13(4-6-14)21-17(24)15-7-12(18)8-19-16(15)23;3-2(4,5)1(6)7/h3-9H,1-2H3,(H,19,23)(H,21,24);(H,6,7). The molecule has 2 heterocycles. The van der Waals surface area contributed by atoms with Gasteiger partial charge >= 0.3 is 12.1 Å². The first-order valence-corrected chi connectivity index (χ1v) is 8.51. The lowest BCUT2D eigenvalue weighted by Crippen LogP contribution is -2.23. The number of carboxylic acid groups (broad SMARTS) is 1. The summed E-state index contributed by atoms with van der Waals surface area (Å²) in [5.74, 6) is -4.10. The minimum absolute atomic E-state index is 0.278. The molecule has 12 heteroatoms. The number of alkyl halides is 3. The van der Waals surface area contributed by atoms with E-state index >= 15 is 0 Å². The largest absolute Gasteiger partial charge is 0.490 e. The molecule has 3 aromatic rings. The van der Waals surface area contributed by atoms with E-state index in [9.17, 15) is 27.2 Å². The van der Waals surface area contributed by atoms with Crippen LogP contribution in [-0.2, 0) is 4.79 Å². The number of aromatic amines is 1. The Morgan fingerprint density at radius 1 is 1.16 bits per heavy atom. The molecule has 2 aromatic heterocycles. The van der Waals surface area contributed by atoms with Gasteiger partial charge in [-0.1, -0.05) is 0 Å². The Morgan fingerprint density at radius 2 is 1.74 bits per heavy atom. The highest BCUT2D eigenvalue weighted by molar-refractivity contribution is 6.04. The van der Waals surface area contributed by atoms with E-state index < -0.39 is 29.4 Å². The summed E-state index contributed by atoms with van der Waals surface area (Å²) >= 11 is 0. The van der Waals surface area contributed by atoms with Gasteiger partial charge in [-0.2, -0.15) is 13.2 Å². The second-order valence-corrected chi connectivity index (χ2v) is 6.15. The third kappa shape index (κ3) is 6.01. The van der Waals surface area contributed by atoms with Crippen molar-refractivity contribution in [2.45, 2.75) is 20.0 Å². The van der Waals surface area contributed by atoms with Crippen molar-refractivity contribution >= 4 is 17.6 Å². The van der Waals surface area contributed by atoms with Crippen LogP contribution in [0.25, 0.3) is 5.69 Å². The molecule has 0 aliphatic carbocycles. The maximum atomic E-state index is 13.2. The number of amides is 1. The second-order valence-electron chi connectivity index (χ2n) is 6.15. The average molecular weight is 440 g/mol. The minimum Gasteiger partial charge on any atom is -0.475 e. The lowest BCUT2D eigenvalue weighted by Gasteiger charge is -2.08. The number of aryl methyl sites for hydroxylation is 1. The number of carbonyl (C=O) groups excluding carboxylic acids is 1. The first-order chi connectivity index (χ1) is 14.4. The maximum Gasteiger partial charge on any atom is 0.490 e. The van der Waals surface area contributed by atoms with Gasteiger partial charge in [-0.15, -0.1) is 0 Å². The smallest absolute Gasteiger partial charge is 0.475 e. The molecule has 0 bridgehead atoms. The lowest BCUT2D eigenvalue weighted by molar-refractivity contribution is -0.192. The molecule has 8 nitrogen and oxygen atoms in total. The van der Waals surface area contributed by atoms with Gasteiger partial charge in [0.25, 0.3) is 11.5 Å². The highest BCUT2D eigenvalue weighted by Crippen LogP contribution is 2.17. The number of carboxylic acids is 1. The van der Waals surface area contributed by atoms with Crippen LogP contribution in [0.2, 0.25) is 0 Å². The maximum absolute atomic E-state index is 13.2. The third-order valence-corrected chi connectivity index (χ3v) is 4.01. The van der Waals surface area contributed by atoms with Gasteiger partial charge in [0.15, 0.2) is 0 Å². The van der Waals surface area contributed by atoms with E-state index in [0.29, 0.717) is 5.69 Å². The topological polar surface area (TPSA) is 117 Å². The quantitative estimate of drug-likeness (QED) is 0.541. The molecule has 0 aliphatic rings. The molecule has 0 saturated carbocycles. The van der Waals surface area contributed by atoms with Crippen molar-refractivity contribution in [3.05, 3.63) is 76.0 Å². The average Bonchev–Trinajstić information content (AvgIpc) is 3.03. The number of nitrogens with zero attached hydrogens (tertiary/aromatic N) is 2. The number of rotatable bonds is 3. The Hall–Kier alpha value is -3.96. The number of halogens is 4. The zero-order valence-corrected chi connectivity index (χ0v) is 16.1. The molecule has 0 radical (unpaired) electrons. The molecule has 0 aliphatic heterocycles. The van der Waals surface area contributed by atoms with Crippen LogP contribution in [0.4, 0.5) is 23.2 Å². The second kappa shape index (κ2) is 9.24. The Morgan fingerprint density at radius 3 is 2.23 bits per heavy atom. The zero-order valence-electron chi connectivity index (χ0n) is 16.1. The molecule has 0 fully saturated rings. The molecular formula is C19H16F4N4O4. The fourth-order valence-electron chi connectivity index (χ4n) is 2.29. The van der Waals surface area contributed by atoms with Crippen molar-refractivity contribution in [1.29, 1.82) is 0 Å². The van der Waals surface area contributed by atoms with Crippen molar-refractivity contribution in [1.82, 2.24) is 14.5 Å². The van der Waals surface area contributed by atoms with Gasteiger partial charge in [-0.3, -0.25) is 9.59 Å². The van der Waals surface area contributed by atoms with Gasteiger partial charge in [-0.05, 0) is 44.2 Å². The van der Waals surface area contributed by atoms with Gasteiger partial charge in [-0.25, -0.2) is 14.2 Å². The van der Waals surface area contributed by atoms with Gasteiger partial charge in [0.05, 0.1) is 12.0 Å². The molecular weight excluding hydrogens is 424 g/mol. The van der Waals surface area contributed by atoms with Gasteiger partial charge in [0.1, 0.15) is 11.4 Å². The molecule has 1 amide bonds. The highest BCUT2D eigenvalue weighted by Gasteiger charge is 2.38. The summed E-state index contributed by atoms with van der Waals surface area (Å²) in [5.41, 5.74) is 2.45. The van der Waals surface area contributed by atoms with E-state index in [2.05, 4.69) is 15.3 Å². The van der Waals surface area contributed by atoms with Crippen molar-refractivity contribution in [3.8, 4) is 5.69 Å². The molecule has 31 heavy (non-hydrogen) atoms. The van der Waals surface area contributed by atoms with Crippen LogP contribution in [0.1, 0.15) is 21.7 Å². The molecule has 0 saturated heterocycles. The summed E-state index contributed by atoms with van der Waals surface area (Å²) in [6.45, 7) is 3.89. The predicted molar refractivity (Wildman–Crippen MR) is 102 cm³/mol. The van der Waals surface area contributed by atoms with Crippen LogP contribution in [0, 0.1) is 19.7 Å². The van der Waals surface area contributed by atoms with Crippen molar-refractivity contribution in [2.24, 2.45) is 0 Å². The lowest BCUT2D eigenvalue weighted by atomic mass is 10.2. The Kier molecular flexibility index (Phi) is 6.95. The van der Waals surface area contributed by atoms with Crippen molar-refractivity contribution in [2.75, 3.05) is 5.32 Å². The summed E-state index contributed by atoms with van der Waals surface area (Å²) in [6, 6.07) is 7.95. The first-order valence-electron chi connectivity index (χ1n) is 8.51. The highest BCUT2D eigenvalue weighted by atomic mass is 19.4. The summed E-state index contributed by atoms with van der Waals surface area (Å²) in [4.78, 5) is 39.0. The Labute approximate surface area is 172 Å². The number of nitrogens with one attached hydrogen (secondary N) is 2. The number of hydrogen-bond acceptors (Lipinski definition) is 4. The van der Waals surface area contributed by atoms with E-state index in [0.717, 1.165) is 29.3 Å². The molecule has 1 aromatic carbocycles. The van der Waals surface area contributed by atoms with Crippen LogP contribution in [0.5, 0.6) is 0 Å². The van der Waals surface area contributed by atoms with E-state index in [1.165, 1.54) is 0 Å². The number of imidazole rings is 1. The van der Waals surface area contributed by atoms with Crippen LogP contribution < -0.4 is 10.9 Å². The fraction of sp³-hybridized carbons (Fsp3) is 0.158. The van der Waals surface area contributed by atoms with E-state index in [-0.39, 0.29) is 5.56 Å². The normalized spacial score (nSPS) is 10.8. The first kappa shape index (κ1) is 23.3. The fourth-order valence-corrected chi connectivity index (χ4v) is 2.29. The number of carbonyl (C=O) groups is 2. The molecule has 0 spiro atoms. The van der Waals surface area contributed by atoms with Gasteiger partial charge < -0.3 is 20.0 Å². The zero-order chi connectivity index (χ0) is 23.3. The number of H-pyrrole nitrogens is 1. The van der Waals surface area contributed by atoms with Gasteiger partial charge in [0.2, 0.25) is 0 Å². The molecule has 3 rings (SSSR count). The SMILES string of the molecule is Cc1ncn(-c2ccc(NC(=O)c3cc(F)c[nH]c3=O)cc2)c1C.O=C(O)C(F)(F)F. The predicted octanol–water partition coefficient (Wildman–Crippen LogP) is 3.20.